The summed E-state index contributed by atoms with van der Waals surface area (Å²) in [5, 5.41) is 9.60. The highest BCUT2D eigenvalue weighted by Gasteiger charge is 2.33. The van der Waals surface area contributed by atoms with Crippen LogP contribution in [0.3, 0.4) is 0 Å². The molecule has 0 aromatic carbocycles. The van der Waals surface area contributed by atoms with Crippen molar-refractivity contribution >= 4 is 0 Å². The minimum Gasteiger partial charge on any atom is -0.308 e. The van der Waals surface area contributed by atoms with Crippen molar-refractivity contribution in [3.8, 4) is 0 Å². The van der Waals surface area contributed by atoms with Crippen molar-refractivity contribution in [1.82, 2.24) is 0 Å². The van der Waals surface area contributed by atoms with Crippen LogP contribution >= 0.6 is 0 Å². The Balaban J connectivity index is 2.60. The Morgan fingerprint density at radius 3 is 2.71 bits per heavy atom. The molecule has 4 heteroatoms. The SMILES string of the molecule is CC1=CC[C@@H](C(C)(C)O[N+](=O)[O-])CC1. The van der Waals surface area contributed by atoms with E-state index >= 15 is 0 Å². The molecule has 0 aliphatic heterocycles. The summed E-state index contributed by atoms with van der Waals surface area (Å²) in [5.74, 6) is 0.247. The molecule has 0 heterocycles. The van der Waals surface area contributed by atoms with Crippen LogP contribution < -0.4 is 0 Å². The van der Waals surface area contributed by atoms with Crippen molar-refractivity contribution < 1.29 is 9.92 Å². The molecule has 0 radical (unpaired) electrons. The van der Waals surface area contributed by atoms with Gasteiger partial charge in [0.2, 0.25) is 0 Å². The quantitative estimate of drug-likeness (QED) is 0.399. The van der Waals surface area contributed by atoms with Crippen molar-refractivity contribution in [1.29, 1.82) is 0 Å². The summed E-state index contributed by atoms with van der Waals surface area (Å²) >= 11 is 0. The van der Waals surface area contributed by atoms with Crippen LogP contribution in [0.25, 0.3) is 0 Å². The van der Waals surface area contributed by atoms with E-state index in [9.17, 15) is 10.1 Å². The average molecular weight is 199 g/mol. The zero-order valence-electron chi connectivity index (χ0n) is 8.95. The van der Waals surface area contributed by atoms with Crippen molar-refractivity contribution in [2.45, 2.75) is 45.6 Å². The van der Waals surface area contributed by atoms with E-state index in [1.54, 1.807) is 13.8 Å². The Morgan fingerprint density at radius 2 is 2.29 bits per heavy atom. The van der Waals surface area contributed by atoms with Crippen molar-refractivity contribution in [3.63, 3.8) is 0 Å². The minimum atomic E-state index is -0.689. The maximum atomic E-state index is 10.3. The summed E-state index contributed by atoms with van der Waals surface area (Å²) in [4.78, 5) is 15.0. The lowest BCUT2D eigenvalue weighted by Gasteiger charge is -2.33. The van der Waals surface area contributed by atoms with Gasteiger partial charge in [-0.15, -0.1) is 10.1 Å². The Hall–Kier alpha value is -1.06. The van der Waals surface area contributed by atoms with Crippen molar-refractivity contribution in [3.05, 3.63) is 21.8 Å². The van der Waals surface area contributed by atoms with E-state index in [2.05, 4.69) is 13.0 Å². The van der Waals surface area contributed by atoms with E-state index < -0.39 is 10.7 Å². The monoisotopic (exact) mass is 199 g/mol. The number of nitrogens with zero attached hydrogens (tertiary/aromatic N) is 1. The maximum Gasteiger partial charge on any atom is 0.295 e. The second kappa shape index (κ2) is 3.98. The van der Waals surface area contributed by atoms with E-state index in [0.29, 0.717) is 0 Å². The van der Waals surface area contributed by atoms with Gasteiger partial charge in [0.15, 0.2) is 0 Å². The number of hydrogen-bond acceptors (Lipinski definition) is 3. The highest BCUT2D eigenvalue weighted by molar-refractivity contribution is 5.05. The molecule has 1 aliphatic rings. The molecule has 0 bridgehead atoms. The zero-order valence-corrected chi connectivity index (χ0v) is 8.95. The molecule has 0 N–H and O–H groups in total. The predicted molar refractivity (Wildman–Crippen MR) is 53.3 cm³/mol. The lowest BCUT2D eigenvalue weighted by molar-refractivity contribution is -0.781. The molecule has 0 aromatic rings. The Kier molecular flexibility index (Phi) is 3.13. The maximum absolute atomic E-state index is 10.3. The van der Waals surface area contributed by atoms with Crippen molar-refractivity contribution in [2.24, 2.45) is 5.92 Å². The lowest BCUT2D eigenvalue weighted by atomic mass is 9.80. The number of hydrogen-bond donors (Lipinski definition) is 0. The van der Waals surface area contributed by atoms with Crippen LogP contribution in [0.1, 0.15) is 40.0 Å². The Bertz CT molecular complexity index is 258. The molecule has 0 spiro atoms. The Labute approximate surface area is 84.0 Å². The van der Waals surface area contributed by atoms with Crippen LogP contribution in [0.4, 0.5) is 0 Å². The van der Waals surface area contributed by atoms with Crippen LogP contribution in [-0.4, -0.2) is 10.7 Å². The molecule has 0 saturated heterocycles. The van der Waals surface area contributed by atoms with Crippen LogP contribution in [0.2, 0.25) is 0 Å². The molecular weight excluding hydrogens is 182 g/mol. The largest absolute Gasteiger partial charge is 0.308 e. The molecule has 1 rings (SSSR count). The summed E-state index contributed by atoms with van der Waals surface area (Å²) in [6, 6.07) is 0. The first kappa shape index (κ1) is 11.0. The van der Waals surface area contributed by atoms with Gasteiger partial charge >= 0.3 is 0 Å². The van der Waals surface area contributed by atoms with Gasteiger partial charge < -0.3 is 4.84 Å². The standard InChI is InChI=1S/C10H17NO3/c1-8-4-6-9(7-5-8)10(2,3)14-11(12)13/h4,9H,5-7H2,1-3H3/t9-/m1/s1. The molecule has 1 aliphatic carbocycles. The molecule has 0 amide bonds. The van der Waals surface area contributed by atoms with E-state index in [4.69, 9.17) is 4.84 Å². The number of allylic oxidation sites excluding steroid dienone is 2. The summed E-state index contributed by atoms with van der Waals surface area (Å²) < 4.78 is 0. The number of rotatable bonds is 3. The van der Waals surface area contributed by atoms with Gasteiger partial charge in [-0.3, -0.25) is 0 Å². The molecule has 0 saturated carbocycles. The fraction of sp³-hybridized carbons (Fsp3) is 0.800. The third kappa shape index (κ3) is 2.72. The topological polar surface area (TPSA) is 52.4 Å². The highest BCUT2D eigenvalue weighted by atomic mass is 17.0. The van der Waals surface area contributed by atoms with E-state index in [0.717, 1.165) is 19.3 Å². The van der Waals surface area contributed by atoms with Gasteiger partial charge in [0.05, 0.1) is 0 Å². The van der Waals surface area contributed by atoms with Gasteiger partial charge in [-0.25, -0.2) is 0 Å². The summed E-state index contributed by atoms with van der Waals surface area (Å²) in [7, 11) is 0. The van der Waals surface area contributed by atoms with Crippen molar-refractivity contribution in [2.75, 3.05) is 0 Å². The molecule has 80 valence electrons. The van der Waals surface area contributed by atoms with Gasteiger partial charge in [0.25, 0.3) is 5.09 Å². The predicted octanol–water partition coefficient (Wildman–Crippen LogP) is 2.72. The zero-order chi connectivity index (χ0) is 10.8. The van der Waals surface area contributed by atoms with Crippen LogP contribution in [0.15, 0.2) is 11.6 Å². The third-order valence-corrected chi connectivity index (χ3v) is 2.93. The van der Waals surface area contributed by atoms with Crippen LogP contribution in [0.5, 0.6) is 0 Å². The fourth-order valence-electron chi connectivity index (χ4n) is 1.86. The second-order valence-electron chi connectivity index (χ2n) is 4.44. The van der Waals surface area contributed by atoms with Crippen LogP contribution in [0, 0.1) is 16.0 Å². The second-order valence-corrected chi connectivity index (χ2v) is 4.44. The first-order valence-corrected chi connectivity index (χ1v) is 4.91. The van der Waals surface area contributed by atoms with E-state index in [1.165, 1.54) is 5.57 Å². The molecule has 0 unspecified atom stereocenters. The van der Waals surface area contributed by atoms with Gasteiger partial charge in [0, 0.05) is 0 Å². The molecule has 0 aromatic heterocycles. The molecular formula is C10H17NO3. The van der Waals surface area contributed by atoms with Gasteiger partial charge in [-0.05, 0) is 46.0 Å². The molecule has 4 nitrogen and oxygen atoms in total. The minimum absolute atomic E-state index is 0.247. The average Bonchev–Trinajstić information content (AvgIpc) is 2.02. The summed E-state index contributed by atoms with van der Waals surface area (Å²) in [6.07, 6.45) is 5.03. The highest BCUT2D eigenvalue weighted by Crippen LogP contribution is 2.33. The first-order chi connectivity index (χ1) is 6.42. The third-order valence-electron chi connectivity index (χ3n) is 2.93. The molecule has 0 fully saturated rings. The Morgan fingerprint density at radius 1 is 1.64 bits per heavy atom. The smallest absolute Gasteiger partial charge is 0.295 e. The van der Waals surface area contributed by atoms with Crippen LogP contribution in [-0.2, 0) is 4.84 Å². The normalized spacial score (nSPS) is 22.8. The van der Waals surface area contributed by atoms with Gasteiger partial charge in [-0.2, -0.15) is 0 Å². The van der Waals surface area contributed by atoms with Gasteiger partial charge in [-0.1, -0.05) is 11.6 Å². The summed E-state index contributed by atoms with van der Waals surface area (Å²) in [6.45, 7) is 5.67. The van der Waals surface area contributed by atoms with E-state index in [-0.39, 0.29) is 5.92 Å². The fourth-order valence-corrected chi connectivity index (χ4v) is 1.86. The summed E-state index contributed by atoms with van der Waals surface area (Å²) in [5.41, 5.74) is 0.707. The van der Waals surface area contributed by atoms with E-state index in [1.807, 2.05) is 0 Å². The lowest BCUT2D eigenvalue weighted by Crippen LogP contribution is -2.37. The molecule has 14 heavy (non-hydrogen) atoms. The molecule has 1 atom stereocenters. The first-order valence-electron chi connectivity index (χ1n) is 4.91. The van der Waals surface area contributed by atoms with Gasteiger partial charge in [0.1, 0.15) is 5.60 Å².